The van der Waals surface area contributed by atoms with Crippen molar-refractivity contribution in [2.75, 3.05) is 7.05 Å². The van der Waals surface area contributed by atoms with Crippen molar-refractivity contribution in [1.29, 1.82) is 0 Å². The third-order valence-corrected chi connectivity index (χ3v) is 4.54. The van der Waals surface area contributed by atoms with Crippen LogP contribution in [0.3, 0.4) is 0 Å². The summed E-state index contributed by atoms with van der Waals surface area (Å²) in [4.78, 5) is 10.7. The second-order valence-corrected chi connectivity index (χ2v) is 5.94. The van der Waals surface area contributed by atoms with Crippen molar-refractivity contribution in [3.63, 3.8) is 0 Å². The maximum atomic E-state index is 11.1. The molecule has 0 bridgehead atoms. The molecule has 1 unspecified atom stereocenters. The molecule has 0 amide bonds. The van der Waals surface area contributed by atoms with Crippen LogP contribution in [0.4, 0.5) is 5.69 Å². The molecule has 1 atom stereocenters. The average Bonchev–Trinajstić information content (AvgIpc) is 2.93. The van der Waals surface area contributed by atoms with Gasteiger partial charge < -0.3 is 5.32 Å². The van der Waals surface area contributed by atoms with Gasteiger partial charge >= 0.3 is 0 Å². The monoisotopic (exact) mass is 296 g/mol. The summed E-state index contributed by atoms with van der Waals surface area (Å²) in [5.41, 5.74) is 0.913. The normalized spacial score (nSPS) is 17.3. The van der Waals surface area contributed by atoms with E-state index in [2.05, 4.69) is 5.32 Å². The second-order valence-electron chi connectivity index (χ2n) is 5.51. The highest BCUT2D eigenvalue weighted by molar-refractivity contribution is 6.30. The van der Waals surface area contributed by atoms with Crippen molar-refractivity contribution in [3.8, 4) is 0 Å². The summed E-state index contributed by atoms with van der Waals surface area (Å²) >= 11 is 5.96. The van der Waals surface area contributed by atoms with Crippen LogP contribution < -0.4 is 5.32 Å². The number of aryl methyl sites for hydroxylation is 1. The molecule has 1 aliphatic rings. The van der Waals surface area contributed by atoms with E-state index in [1.54, 1.807) is 12.1 Å². The third-order valence-electron chi connectivity index (χ3n) is 4.30. The molecular weight excluding hydrogens is 276 g/mol. The lowest BCUT2D eigenvalue weighted by Crippen LogP contribution is -2.32. The van der Waals surface area contributed by atoms with Crippen molar-refractivity contribution in [3.05, 3.63) is 38.9 Å². The Hall–Kier alpha value is -1.13. The van der Waals surface area contributed by atoms with Crippen LogP contribution in [-0.4, -0.2) is 18.0 Å². The predicted molar refractivity (Wildman–Crippen MR) is 81.2 cm³/mol. The fourth-order valence-corrected chi connectivity index (χ4v) is 3.41. The minimum Gasteiger partial charge on any atom is -0.317 e. The van der Waals surface area contributed by atoms with Gasteiger partial charge in [0.25, 0.3) is 5.69 Å². The van der Waals surface area contributed by atoms with Gasteiger partial charge in [0.2, 0.25) is 0 Å². The minimum atomic E-state index is -0.324. The predicted octanol–water partition coefficient (Wildman–Crippen LogP) is 3.96. The van der Waals surface area contributed by atoms with Gasteiger partial charge in [0.1, 0.15) is 0 Å². The first-order valence-corrected chi connectivity index (χ1v) is 7.59. The Morgan fingerprint density at radius 1 is 1.45 bits per heavy atom. The molecule has 0 radical (unpaired) electrons. The molecule has 1 N–H and O–H groups in total. The molecular formula is C15H21ClN2O2. The average molecular weight is 297 g/mol. The molecule has 4 nitrogen and oxygen atoms in total. The van der Waals surface area contributed by atoms with E-state index in [4.69, 9.17) is 11.6 Å². The van der Waals surface area contributed by atoms with Gasteiger partial charge in [0.05, 0.1) is 4.92 Å². The number of nitro groups is 1. The Morgan fingerprint density at radius 2 is 2.15 bits per heavy atom. The van der Waals surface area contributed by atoms with Gasteiger partial charge in [-0.3, -0.25) is 10.1 Å². The van der Waals surface area contributed by atoms with Crippen LogP contribution in [0.2, 0.25) is 5.02 Å². The fraction of sp³-hybridized carbons (Fsp3) is 0.600. The first-order valence-electron chi connectivity index (χ1n) is 7.22. The molecule has 1 aliphatic carbocycles. The van der Waals surface area contributed by atoms with E-state index in [0.29, 0.717) is 23.4 Å². The van der Waals surface area contributed by atoms with E-state index >= 15 is 0 Å². The van der Waals surface area contributed by atoms with Crippen molar-refractivity contribution in [1.82, 2.24) is 5.32 Å². The number of benzene rings is 1. The molecule has 2 rings (SSSR count). The van der Waals surface area contributed by atoms with Crippen LogP contribution in [0.25, 0.3) is 0 Å². The van der Waals surface area contributed by atoms with Gasteiger partial charge in [-0.15, -0.1) is 0 Å². The van der Waals surface area contributed by atoms with Gasteiger partial charge in [0, 0.05) is 22.7 Å². The molecule has 0 heterocycles. The molecule has 5 heteroatoms. The number of rotatable bonds is 6. The van der Waals surface area contributed by atoms with Crippen LogP contribution >= 0.6 is 11.6 Å². The maximum absolute atomic E-state index is 11.1. The summed E-state index contributed by atoms with van der Waals surface area (Å²) in [6.07, 6.45) is 6.76. The topological polar surface area (TPSA) is 55.2 Å². The summed E-state index contributed by atoms with van der Waals surface area (Å²) in [6, 6.07) is 5.24. The van der Waals surface area contributed by atoms with Crippen LogP contribution in [0.15, 0.2) is 18.2 Å². The smallest absolute Gasteiger partial charge is 0.272 e. The lowest BCUT2D eigenvalue weighted by Gasteiger charge is -2.22. The molecule has 0 aliphatic heterocycles. The zero-order valence-corrected chi connectivity index (χ0v) is 12.5. The molecule has 110 valence electrons. The highest BCUT2D eigenvalue weighted by atomic mass is 35.5. The van der Waals surface area contributed by atoms with Crippen molar-refractivity contribution in [2.45, 2.75) is 44.6 Å². The van der Waals surface area contributed by atoms with Gasteiger partial charge in [-0.25, -0.2) is 0 Å². The zero-order chi connectivity index (χ0) is 14.5. The first-order chi connectivity index (χ1) is 9.61. The first kappa shape index (κ1) is 15.3. The van der Waals surface area contributed by atoms with E-state index < -0.39 is 0 Å². The van der Waals surface area contributed by atoms with Crippen LogP contribution in [0.1, 0.15) is 37.7 Å². The third kappa shape index (κ3) is 3.70. The SMILES string of the molecule is CNC(CCc1cc(Cl)ccc1[N+](=O)[O-])C1CCCC1. The Morgan fingerprint density at radius 3 is 2.75 bits per heavy atom. The van der Waals surface area contributed by atoms with Crippen LogP contribution in [0.5, 0.6) is 0 Å². The fourth-order valence-electron chi connectivity index (χ4n) is 3.22. The second kappa shape index (κ2) is 7.04. The molecule has 1 fully saturated rings. The van der Waals surface area contributed by atoms with Gasteiger partial charge in [-0.05, 0) is 50.8 Å². The van der Waals surface area contributed by atoms with E-state index in [1.165, 1.54) is 31.7 Å². The van der Waals surface area contributed by atoms with E-state index in [1.807, 2.05) is 7.05 Å². The van der Waals surface area contributed by atoms with Crippen LogP contribution in [0, 0.1) is 16.0 Å². The summed E-state index contributed by atoms with van der Waals surface area (Å²) < 4.78 is 0. The number of hydrogen-bond donors (Lipinski definition) is 1. The Labute approximate surface area is 124 Å². The van der Waals surface area contributed by atoms with Crippen molar-refractivity contribution >= 4 is 17.3 Å². The Kier molecular flexibility index (Phi) is 5.38. The highest BCUT2D eigenvalue weighted by Crippen LogP contribution is 2.31. The molecule has 0 spiro atoms. The summed E-state index contributed by atoms with van der Waals surface area (Å²) in [5, 5.41) is 15.0. The number of nitro benzene ring substituents is 1. The number of nitrogens with zero attached hydrogens (tertiary/aromatic N) is 1. The molecule has 0 saturated heterocycles. The molecule has 1 aromatic carbocycles. The number of halogens is 1. The summed E-state index contributed by atoms with van der Waals surface area (Å²) in [5.74, 6) is 0.707. The van der Waals surface area contributed by atoms with Crippen molar-refractivity contribution in [2.24, 2.45) is 5.92 Å². The lowest BCUT2D eigenvalue weighted by atomic mass is 9.92. The van der Waals surface area contributed by atoms with Crippen LogP contribution in [-0.2, 0) is 6.42 Å². The molecule has 0 aromatic heterocycles. The largest absolute Gasteiger partial charge is 0.317 e. The Balaban J connectivity index is 2.05. The van der Waals surface area contributed by atoms with Gasteiger partial charge in [-0.1, -0.05) is 24.4 Å². The molecule has 1 aromatic rings. The van der Waals surface area contributed by atoms with E-state index in [-0.39, 0.29) is 10.6 Å². The minimum absolute atomic E-state index is 0.177. The zero-order valence-electron chi connectivity index (χ0n) is 11.8. The lowest BCUT2D eigenvalue weighted by molar-refractivity contribution is -0.385. The number of nitrogens with one attached hydrogen (secondary N) is 1. The quantitative estimate of drug-likeness (QED) is 0.638. The van der Waals surface area contributed by atoms with E-state index in [9.17, 15) is 10.1 Å². The van der Waals surface area contributed by atoms with Gasteiger partial charge in [-0.2, -0.15) is 0 Å². The standard InChI is InChI=1S/C15H21ClN2O2/c1-17-14(11-4-2-3-5-11)8-6-12-10-13(16)7-9-15(12)18(19)20/h7,9-11,14,17H,2-6,8H2,1H3. The van der Waals surface area contributed by atoms with E-state index in [0.717, 1.165) is 12.0 Å². The Bertz CT molecular complexity index is 473. The summed E-state index contributed by atoms with van der Waals surface area (Å²) in [7, 11) is 1.98. The molecule has 1 saturated carbocycles. The number of hydrogen-bond acceptors (Lipinski definition) is 3. The van der Waals surface area contributed by atoms with Gasteiger partial charge in [0.15, 0.2) is 0 Å². The highest BCUT2D eigenvalue weighted by Gasteiger charge is 2.24. The molecule has 20 heavy (non-hydrogen) atoms. The summed E-state index contributed by atoms with van der Waals surface area (Å²) in [6.45, 7) is 0. The maximum Gasteiger partial charge on any atom is 0.272 e. The van der Waals surface area contributed by atoms with Crippen molar-refractivity contribution < 1.29 is 4.92 Å².